The summed E-state index contributed by atoms with van der Waals surface area (Å²) in [5.41, 5.74) is 17.3. The number of carbonyl (C=O) groups excluding carboxylic acids is 1. The fourth-order valence-electron chi connectivity index (χ4n) is 2.89. The lowest BCUT2D eigenvalue weighted by atomic mass is 9.97. The van der Waals surface area contributed by atoms with Crippen LogP contribution in [0.3, 0.4) is 0 Å². The van der Waals surface area contributed by atoms with Crippen LogP contribution < -0.4 is 16.4 Å². The van der Waals surface area contributed by atoms with Gasteiger partial charge in [-0.25, -0.2) is 0 Å². The Labute approximate surface area is 124 Å². The molecule has 0 spiro atoms. The molecule has 0 saturated heterocycles. The zero-order valence-corrected chi connectivity index (χ0v) is 12.1. The number of amides is 1. The first-order chi connectivity index (χ1) is 10.0. The molecule has 3 rings (SSSR count). The van der Waals surface area contributed by atoms with E-state index in [2.05, 4.69) is 11.0 Å². The van der Waals surface area contributed by atoms with E-state index in [1.165, 1.54) is 11.1 Å². The van der Waals surface area contributed by atoms with E-state index < -0.39 is 0 Å². The Morgan fingerprint density at radius 1 is 1.14 bits per heavy atom. The number of carbonyl (C=O) groups is 1. The lowest BCUT2D eigenvalue weighted by molar-refractivity contribution is 0.100. The number of hydrogen-bond donors (Lipinski definition) is 2. The zero-order valence-electron chi connectivity index (χ0n) is 12.1. The van der Waals surface area contributed by atoms with E-state index in [-0.39, 0.29) is 5.91 Å². The Kier molecular flexibility index (Phi) is 3.29. The summed E-state index contributed by atoms with van der Waals surface area (Å²) in [4.78, 5) is 13.9. The highest BCUT2D eigenvalue weighted by Gasteiger charge is 2.20. The van der Waals surface area contributed by atoms with Crippen LogP contribution in [-0.4, -0.2) is 12.5 Å². The molecule has 108 valence electrons. The number of benzene rings is 2. The number of nitrogens with zero attached hydrogens (tertiary/aromatic N) is 1. The molecule has 21 heavy (non-hydrogen) atoms. The fraction of sp³-hybridized carbons (Fsp3) is 0.235. The quantitative estimate of drug-likeness (QED) is 0.829. The molecule has 0 bridgehead atoms. The summed E-state index contributed by atoms with van der Waals surface area (Å²) in [5, 5.41) is 0. The smallest absolute Gasteiger partial charge is 0.250 e. The molecule has 4 nitrogen and oxygen atoms in total. The molecule has 0 atom stereocenters. The Hall–Kier alpha value is -2.49. The van der Waals surface area contributed by atoms with Crippen LogP contribution in [0.4, 0.5) is 11.4 Å². The van der Waals surface area contributed by atoms with Gasteiger partial charge in [0.1, 0.15) is 0 Å². The number of nitrogen functional groups attached to an aromatic ring is 1. The summed E-state index contributed by atoms with van der Waals surface area (Å²) in [6.45, 7) is 3.65. The van der Waals surface area contributed by atoms with Crippen molar-refractivity contribution >= 4 is 17.3 Å². The lowest BCUT2D eigenvalue weighted by Crippen LogP contribution is -2.32. The summed E-state index contributed by atoms with van der Waals surface area (Å²) in [6, 6.07) is 11.8. The largest absolute Gasteiger partial charge is 0.399 e. The van der Waals surface area contributed by atoms with Gasteiger partial charge in [0.2, 0.25) is 0 Å². The third-order valence-corrected chi connectivity index (χ3v) is 4.00. The molecule has 1 amide bonds. The van der Waals surface area contributed by atoms with Gasteiger partial charge in [0.25, 0.3) is 5.91 Å². The minimum Gasteiger partial charge on any atom is -0.399 e. The van der Waals surface area contributed by atoms with Gasteiger partial charge in [0, 0.05) is 18.8 Å². The predicted molar refractivity (Wildman–Crippen MR) is 85.3 cm³/mol. The van der Waals surface area contributed by atoms with Crippen LogP contribution in [0.1, 0.15) is 27.0 Å². The van der Waals surface area contributed by atoms with Crippen molar-refractivity contribution in [1.82, 2.24) is 0 Å². The maximum absolute atomic E-state index is 11.7. The number of primary amides is 1. The molecule has 0 unspecified atom stereocenters. The molecule has 0 fully saturated rings. The highest BCUT2D eigenvalue weighted by Crippen LogP contribution is 2.29. The monoisotopic (exact) mass is 281 g/mol. The van der Waals surface area contributed by atoms with E-state index >= 15 is 0 Å². The van der Waals surface area contributed by atoms with Crippen molar-refractivity contribution in [2.45, 2.75) is 19.9 Å². The number of anilines is 2. The normalized spacial score (nSPS) is 13.9. The molecule has 1 aliphatic rings. The van der Waals surface area contributed by atoms with Gasteiger partial charge >= 0.3 is 0 Å². The SMILES string of the molecule is Cc1ccc(C(N)=O)c(N2CCc3ccc(N)cc3C2)c1. The van der Waals surface area contributed by atoms with Crippen molar-refractivity contribution < 1.29 is 4.79 Å². The van der Waals surface area contributed by atoms with Crippen molar-refractivity contribution in [2.24, 2.45) is 5.73 Å². The Morgan fingerprint density at radius 2 is 1.95 bits per heavy atom. The second kappa shape index (κ2) is 5.13. The second-order valence-corrected chi connectivity index (χ2v) is 5.58. The average molecular weight is 281 g/mol. The van der Waals surface area contributed by atoms with Crippen LogP contribution >= 0.6 is 0 Å². The molecular weight excluding hydrogens is 262 g/mol. The van der Waals surface area contributed by atoms with Crippen molar-refractivity contribution in [3.05, 3.63) is 58.7 Å². The van der Waals surface area contributed by atoms with E-state index in [1.54, 1.807) is 0 Å². The lowest BCUT2D eigenvalue weighted by Gasteiger charge is -2.32. The molecule has 1 aliphatic heterocycles. The van der Waals surface area contributed by atoms with Crippen molar-refractivity contribution in [1.29, 1.82) is 0 Å². The van der Waals surface area contributed by atoms with E-state index in [0.717, 1.165) is 36.4 Å². The Balaban J connectivity index is 1.99. The zero-order chi connectivity index (χ0) is 15.0. The molecule has 0 aromatic heterocycles. The van der Waals surface area contributed by atoms with Gasteiger partial charge in [-0.3, -0.25) is 4.79 Å². The first-order valence-corrected chi connectivity index (χ1v) is 7.07. The summed E-state index contributed by atoms with van der Waals surface area (Å²) in [6.07, 6.45) is 0.946. The van der Waals surface area contributed by atoms with Gasteiger partial charge in [-0.1, -0.05) is 12.1 Å². The van der Waals surface area contributed by atoms with E-state index in [9.17, 15) is 4.79 Å². The molecule has 4 N–H and O–H groups in total. The molecule has 2 aromatic rings. The molecule has 0 radical (unpaired) electrons. The van der Waals surface area contributed by atoms with Crippen molar-refractivity contribution in [3.63, 3.8) is 0 Å². The first kappa shape index (κ1) is 13.5. The molecular formula is C17H19N3O. The topological polar surface area (TPSA) is 72.4 Å². The number of aryl methyl sites for hydroxylation is 1. The van der Waals surface area contributed by atoms with Crippen LogP contribution in [0, 0.1) is 6.92 Å². The minimum atomic E-state index is -0.386. The summed E-state index contributed by atoms with van der Waals surface area (Å²) in [5.74, 6) is -0.386. The van der Waals surface area contributed by atoms with Crippen LogP contribution in [0.15, 0.2) is 36.4 Å². The predicted octanol–water partition coefficient (Wildman–Crippen LogP) is 2.24. The molecule has 2 aromatic carbocycles. The summed E-state index contributed by atoms with van der Waals surface area (Å²) < 4.78 is 0. The van der Waals surface area contributed by atoms with E-state index in [1.807, 2.05) is 37.3 Å². The van der Waals surface area contributed by atoms with Crippen LogP contribution in [0.5, 0.6) is 0 Å². The van der Waals surface area contributed by atoms with Gasteiger partial charge in [-0.15, -0.1) is 0 Å². The highest BCUT2D eigenvalue weighted by molar-refractivity contribution is 5.98. The van der Waals surface area contributed by atoms with Crippen LogP contribution in [0.2, 0.25) is 0 Å². The van der Waals surface area contributed by atoms with Gasteiger partial charge in [0.15, 0.2) is 0 Å². The second-order valence-electron chi connectivity index (χ2n) is 5.58. The van der Waals surface area contributed by atoms with Crippen molar-refractivity contribution in [3.8, 4) is 0 Å². The third kappa shape index (κ3) is 2.57. The van der Waals surface area contributed by atoms with Gasteiger partial charge in [0.05, 0.1) is 11.3 Å². The van der Waals surface area contributed by atoms with Crippen LogP contribution in [-0.2, 0) is 13.0 Å². The van der Waals surface area contributed by atoms with Gasteiger partial charge < -0.3 is 16.4 Å². The maximum Gasteiger partial charge on any atom is 0.250 e. The molecule has 0 aliphatic carbocycles. The Morgan fingerprint density at radius 3 is 2.71 bits per heavy atom. The molecule has 0 saturated carbocycles. The number of fused-ring (bicyclic) bond motifs is 1. The van der Waals surface area contributed by atoms with Crippen LogP contribution in [0.25, 0.3) is 0 Å². The van der Waals surface area contributed by atoms with Crippen molar-refractivity contribution in [2.75, 3.05) is 17.2 Å². The number of rotatable bonds is 2. The minimum absolute atomic E-state index is 0.386. The van der Waals surface area contributed by atoms with Gasteiger partial charge in [-0.05, 0) is 54.3 Å². The summed E-state index contributed by atoms with van der Waals surface area (Å²) >= 11 is 0. The average Bonchev–Trinajstić information content (AvgIpc) is 2.46. The maximum atomic E-state index is 11.7. The molecule has 4 heteroatoms. The fourth-order valence-corrected chi connectivity index (χ4v) is 2.89. The number of hydrogen-bond acceptors (Lipinski definition) is 3. The highest BCUT2D eigenvalue weighted by atomic mass is 16.1. The van der Waals surface area contributed by atoms with Gasteiger partial charge in [-0.2, -0.15) is 0 Å². The number of nitrogens with two attached hydrogens (primary N) is 2. The van der Waals surface area contributed by atoms with E-state index in [0.29, 0.717) is 5.56 Å². The first-order valence-electron chi connectivity index (χ1n) is 7.07. The molecule has 1 heterocycles. The van der Waals surface area contributed by atoms with E-state index in [4.69, 9.17) is 11.5 Å². The Bertz CT molecular complexity index is 709. The third-order valence-electron chi connectivity index (χ3n) is 4.00. The standard InChI is InChI=1S/C17H19N3O/c1-11-2-5-15(17(19)21)16(8-11)20-7-6-12-3-4-14(18)9-13(12)10-20/h2-5,8-9H,6-7,10,18H2,1H3,(H2,19,21). The summed E-state index contributed by atoms with van der Waals surface area (Å²) in [7, 11) is 0.